The van der Waals surface area contributed by atoms with Crippen molar-refractivity contribution in [3.05, 3.63) is 47.3 Å². The van der Waals surface area contributed by atoms with E-state index in [-0.39, 0.29) is 18.2 Å². The molecule has 3 N–H and O–H groups in total. The van der Waals surface area contributed by atoms with Crippen molar-refractivity contribution in [3.63, 3.8) is 0 Å². The molecular weight excluding hydrogens is 284 g/mol. The molecule has 0 radical (unpaired) electrons. The number of allylic oxidation sites excluding steroid dienone is 3. The summed E-state index contributed by atoms with van der Waals surface area (Å²) in [6.45, 7) is 0.335. The summed E-state index contributed by atoms with van der Waals surface area (Å²) in [7, 11) is -0.980. The highest BCUT2D eigenvalue weighted by molar-refractivity contribution is 6.55. The van der Waals surface area contributed by atoms with Gasteiger partial charge in [0, 0.05) is 24.3 Å². The maximum Gasteiger partial charge on any atom is 0.487 e. The number of anilines is 1. The predicted octanol–water partition coefficient (Wildman–Crippen LogP) is 1.89. The molecule has 0 saturated carbocycles. The Labute approximate surface area is 126 Å². The zero-order valence-electron chi connectivity index (χ0n) is 11.7. The molecule has 0 bridgehead atoms. The highest BCUT2D eigenvalue weighted by Gasteiger charge is 2.39. The Kier molecular flexibility index (Phi) is 2.99. The van der Waals surface area contributed by atoms with Crippen molar-refractivity contribution < 1.29 is 14.1 Å². The van der Waals surface area contributed by atoms with Gasteiger partial charge in [-0.1, -0.05) is 6.07 Å². The third-order valence-electron chi connectivity index (χ3n) is 4.20. The van der Waals surface area contributed by atoms with E-state index < -0.39 is 7.12 Å². The number of rotatable bonds is 1. The summed E-state index contributed by atoms with van der Waals surface area (Å²) in [5.41, 5.74) is 9.21. The molecule has 1 saturated heterocycles. The minimum Gasteiger partial charge on any atom is -0.423 e. The van der Waals surface area contributed by atoms with Crippen LogP contribution in [0.25, 0.3) is 16.5 Å². The smallest absolute Gasteiger partial charge is 0.423 e. The van der Waals surface area contributed by atoms with Crippen LogP contribution in [0.4, 0.5) is 10.1 Å². The lowest BCUT2D eigenvalue weighted by atomic mass is 9.68. The van der Waals surface area contributed by atoms with Crippen LogP contribution in [0.2, 0.25) is 0 Å². The number of halogens is 1. The van der Waals surface area contributed by atoms with Gasteiger partial charge >= 0.3 is 7.12 Å². The number of benzene rings is 1. The molecule has 1 aromatic heterocycles. The number of hydrogen-bond donors (Lipinski definition) is 2. The summed E-state index contributed by atoms with van der Waals surface area (Å²) in [5.74, 6) is -0.321. The van der Waals surface area contributed by atoms with E-state index >= 15 is 0 Å². The molecule has 7 heteroatoms. The summed E-state index contributed by atoms with van der Waals surface area (Å²) in [6.07, 6.45) is 3.23. The number of nitrogens with zero attached hydrogens (tertiary/aromatic N) is 2. The largest absolute Gasteiger partial charge is 0.487 e. The third-order valence-corrected chi connectivity index (χ3v) is 4.20. The molecule has 4 rings (SSSR count). The van der Waals surface area contributed by atoms with Crippen LogP contribution in [0.15, 0.2) is 41.8 Å². The molecule has 1 aromatic carbocycles. The Balaban J connectivity index is 1.91. The maximum atomic E-state index is 13.9. The monoisotopic (exact) mass is 297 g/mol. The van der Waals surface area contributed by atoms with Crippen LogP contribution in [0.5, 0.6) is 0 Å². The standard InChI is InChI=1S/C15H13BFN3O2/c17-10-3-9-7-22-16(21)15(9)12(5-10)8-1-2-11-13(18)6-19-20-14(11)4-8/h1-2,4-6,9,21H,3,7H2,(H2,18,20). The molecule has 2 aliphatic rings. The fraction of sp³-hybridized carbons (Fsp3) is 0.200. The molecule has 1 aliphatic heterocycles. The van der Waals surface area contributed by atoms with Gasteiger partial charge in [-0.05, 0) is 34.8 Å². The van der Waals surface area contributed by atoms with Crippen molar-refractivity contribution in [3.8, 4) is 0 Å². The van der Waals surface area contributed by atoms with Crippen molar-refractivity contribution in [1.29, 1.82) is 0 Å². The van der Waals surface area contributed by atoms with E-state index in [0.29, 0.717) is 23.4 Å². The molecule has 2 heterocycles. The highest BCUT2D eigenvalue weighted by atomic mass is 19.1. The molecule has 1 atom stereocenters. The van der Waals surface area contributed by atoms with Gasteiger partial charge in [0.15, 0.2) is 0 Å². The normalized spacial score (nSPS) is 21.3. The summed E-state index contributed by atoms with van der Waals surface area (Å²) >= 11 is 0. The number of nitrogens with two attached hydrogens (primary N) is 1. The Morgan fingerprint density at radius 3 is 3.14 bits per heavy atom. The van der Waals surface area contributed by atoms with Crippen LogP contribution < -0.4 is 5.73 Å². The quantitative estimate of drug-likeness (QED) is 0.786. The summed E-state index contributed by atoms with van der Waals surface area (Å²) < 4.78 is 19.2. The summed E-state index contributed by atoms with van der Waals surface area (Å²) in [4.78, 5) is 0. The molecule has 0 spiro atoms. The molecule has 1 unspecified atom stereocenters. The van der Waals surface area contributed by atoms with E-state index in [9.17, 15) is 9.41 Å². The van der Waals surface area contributed by atoms with Crippen LogP contribution in [-0.2, 0) is 4.65 Å². The third kappa shape index (κ3) is 2.01. The Morgan fingerprint density at radius 1 is 1.41 bits per heavy atom. The molecule has 0 amide bonds. The highest BCUT2D eigenvalue weighted by Crippen LogP contribution is 2.40. The van der Waals surface area contributed by atoms with Crippen LogP contribution in [0, 0.1) is 5.92 Å². The molecule has 22 heavy (non-hydrogen) atoms. The van der Waals surface area contributed by atoms with Gasteiger partial charge in [0.2, 0.25) is 0 Å². The minimum atomic E-state index is -0.980. The Hall–Kier alpha value is -2.25. The first-order chi connectivity index (χ1) is 10.6. The van der Waals surface area contributed by atoms with Crippen molar-refractivity contribution in [2.24, 2.45) is 5.92 Å². The van der Waals surface area contributed by atoms with E-state index in [4.69, 9.17) is 10.4 Å². The van der Waals surface area contributed by atoms with Gasteiger partial charge in [-0.3, -0.25) is 0 Å². The van der Waals surface area contributed by atoms with Crippen LogP contribution >= 0.6 is 0 Å². The summed E-state index contributed by atoms with van der Waals surface area (Å²) in [5, 5.41) is 18.7. The molecule has 1 fully saturated rings. The van der Waals surface area contributed by atoms with E-state index in [0.717, 1.165) is 16.4 Å². The number of hydrogen-bond acceptors (Lipinski definition) is 5. The average Bonchev–Trinajstić information content (AvgIpc) is 2.87. The molecule has 5 nitrogen and oxygen atoms in total. The van der Waals surface area contributed by atoms with Gasteiger partial charge in [0.05, 0.1) is 17.4 Å². The predicted molar refractivity (Wildman–Crippen MR) is 82.1 cm³/mol. The van der Waals surface area contributed by atoms with Gasteiger partial charge in [-0.25, -0.2) is 4.39 Å². The zero-order valence-corrected chi connectivity index (χ0v) is 11.7. The fourth-order valence-electron chi connectivity index (χ4n) is 3.14. The first-order valence-corrected chi connectivity index (χ1v) is 7.04. The molecular formula is C15H13BFN3O2. The molecule has 110 valence electrons. The van der Waals surface area contributed by atoms with Gasteiger partial charge in [0.1, 0.15) is 5.83 Å². The van der Waals surface area contributed by atoms with Crippen molar-refractivity contribution in [2.45, 2.75) is 6.42 Å². The lowest BCUT2D eigenvalue weighted by Crippen LogP contribution is -2.18. The average molecular weight is 297 g/mol. The number of fused-ring (bicyclic) bond motifs is 2. The van der Waals surface area contributed by atoms with E-state index in [1.165, 1.54) is 12.3 Å². The van der Waals surface area contributed by atoms with Gasteiger partial charge in [-0.15, -0.1) is 0 Å². The van der Waals surface area contributed by atoms with Gasteiger partial charge < -0.3 is 15.4 Å². The SMILES string of the molecule is Nc1cnnc2cc(C3=C4B(O)OCC4CC(F)=C3)ccc12. The second-order valence-corrected chi connectivity index (χ2v) is 5.58. The maximum absolute atomic E-state index is 13.9. The first kappa shape index (κ1) is 13.4. The molecule has 1 aliphatic carbocycles. The van der Waals surface area contributed by atoms with Crippen LogP contribution in [-0.4, -0.2) is 28.9 Å². The van der Waals surface area contributed by atoms with Crippen LogP contribution in [0.3, 0.4) is 0 Å². The number of aromatic nitrogens is 2. The Morgan fingerprint density at radius 2 is 2.27 bits per heavy atom. The lowest BCUT2D eigenvalue weighted by Gasteiger charge is -2.19. The van der Waals surface area contributed by atoms with E-state index in [1.54, 1.807) is 6.07 Å². The van der Waals surface area contributed by atoms with Gasteiger partial charge in [-0.2, -0.15) is 10.2 Å². The van der Waals surface area contributed by atoms with E-state index in [1.807, 2.05) is 12.1 Å². The first-order valence-electron chi connectivity index (χ1n) is 7.04. The second kappa shape index (κ2) is 4.89. The fourth-order valence-corrected chi connectivity index (χ4v) is 3.14. The number of nitrogen functional groups attached to an aromatic ring is 1. The lowest BCUT2D eigenvalue weighted by molar-refractivity contribution is 0.270. The van der Waals surface area contributed by atoms with Crippen LogP contribution in [0.1, 0.15) is 12.0 Å². The molecule has 2 aromatic rings. The minimum absolute atomic E-state index is 0.113. The van der Waals surface area contributed by atoms with E-state index in [2.05, 4.69) is 10.2 Å². The van der Waals surface area contributed by atoms with Crippen molar-refractivity contribution >= 4 is 29.3 Å². The Bertz CT molecular complexity index is 837. The zero-order chi connectivity index (χ0) is 15.3. The second-order valence-electron chi connectivity index (χ2n) is 5.58. The van der Waals surface area contributed by atoms with Gasteiger partial charge in [0.25, 0.3) is 0 Å². The topological polar surface area (TPSA) is 81.3 Å². The summed E-state index contributed by atoms with van der Waals surface area (Å²) in [6, 6.07) is 5.48. The van der Waals surface area contributed by atoms with Crippen molar-refractivity contribution in [2.75, 3.05) is 12.3 Å². The van der Waals surface area contributed by atoms with Crippen molar-refractivity contribution in [1.82, 2.24) is 10.2 Å².